The highest BCUT2D eigenvalue weighted by Gasteiger charge is 2.24. The van der Waals surface area contributed by atoms with Crippen LogP contribution in [0.15, 0.2) is 36.9 Å². The van der Waals surface area contributed by atoms with E-state index in [0.29, 0.717) is 24.8 Å². The van der Waals surface area contributed by atoms with Crippen LogP contribution in [-0.4, -0.2) is 31.1 Å². The predicted molar refractivity (Wildman–Crippen MR) is 104 cm³/mol. The van der Waals surface area contributed by atoms with E-state index in [0.717, 1.165) is 5.56 Å². The van der Waals surface area contributed by atoms with Gasteiger partial charge in [-0.25, -0.2) is 0 Å². The van der Waals surface area contributed by atoms with Crippen molar-refractivity contribution in [3.63, 3.8) is 0 Å². The molecule has 5 nitrogen and oxygen atoms in total. The second kappa shape index (κ2) is 10.8. The van der Waals surface area contributed by atoms with Crippen molar-refractivity contribution in [3.05, 3.63) is 42.5 Å². The molecule has 1 saturated carbocycles. The monoisotopic (exact) mass is 358 g/mol. The van der Waals surface area contributed by atoms with Crippen LogP contribution in [0.4, 0.5) is 5.69 Å². The van der Waals surface area contributed by atoms with Crippen molar-refractivity contribution in [3.8, 4) is 0 Å². The maximum absolute atomic E-state index is 12.4. The zero-order chi connectivity index (χ0) is 18.8. The number of carbonyl (C=O) groups excluding carboxylic acids is 2. The fourth-order valence-electron chi connectivity index (χ4n) is 3.51. The first-order valence-electron chi connectivity index (χ1n) is 9.53. The highest BCUT2D eigenvalue weighted by atomic mass is 16.5. The van der Waals surface area contributed by atoms with Crippen LogP contribution in [0, 0.1) is 5.92 Å². The van der Waals surface area contributed by atoms with Gasteiger partial charge in [0.2, 0.25) is 11.8 Å². The zero-order valence-corrected chi connectivity index (χ0v) is 15.6. The summed E-state index contributed by atoms with van der Waals surface area (Å²) in [5.41, 5.74) is 1.42. The summed E-state index contributed by atoms with van der Waals surface area (Å²) in [6.45, 7) is 6.65. The van der Waals surface area contributed by atoms with E-state index in [9.17, 15) is 9.59 Å². The van der Waals surface area contributed by atoms with Gasteiger partial charge in [0.1, 0.15) is 0 Å². The van der Waals surface area contributed by atoms with E-state index in [1.54, 1.807) is 6.07 Å². The minimum Gasteiger partial charge on any atom is -0.376 e. The summed E-state index contributed by atoms with van der Waals surface area (Å²) >= 11 is 0. The Morgan fingerprint density at radius 3 is 2.69 bits per heavy atom. The molecule has 0 heterocycles. The van der Waals surface area contributed by atoms with Crippen molar-refractivity contribution < 1.29 is 14.3 Å². The lowest BCUT2D eigenvalue weighted by molar-refractivity contribution is -0.121. The van der Waals surface area contributed by atoms with Crippen LogP contribution in [0.5, 0.6) is 0 Å². The van der Waals surface area contributed by atoms with Crippen molar-refractivity contribution in [1.29, 1.82) is 0 Å². The number of nitrogens with one attached hydrogen (secondary N) is 2. The fourth-order valence-corrected chi connectivity index (χ4v) is 3.51. The first-order valence-corrected chi connectivity index (χ1v) is 9.53. The van der Waals surface area contributed by atoms with Crippen LogP contribution in [-0.2, 0) is 20.7 Å². The average Bonchev–Trinajstić information content (AvgIpc) is 2.67. The third-order valence-electron chi connectivity index (χ3n) is 4.87. The highest BCUT2D eigenvalue weighted by molar-refractivity contribution is 5.99. The van der Waals surface area contributed by atoms with Gasteiger partial charge in [0.15, 0.2) is 0 Å². The lowest BCUT2D eigenvalue weighted by atomic mass is 9.85. The Kier molecular flexibility index (Phi) is 8.35. The molecule has 1 aromatic carbocycles. The number of carbonyl (C=O) groups is 2. The van der Waals surface area contributed by atoms with E-state index in [1.165, 1.54) is 38.2 Å². The van der Waals surface area contributed by atoms with Gasteiger partial charge in [-0.1, -0.05) is 44.0 Å². The van der Waals surface area contributed by atoms with Gasteiger partial charge in [-0.15, -0.1) is 0 Å². The quantitative estimate of drug-likeness (QED) is 0.664. The molecule has 0 bridgehead atoms. The summed E-state index contributed by atoms with van der Waals surface area (Å²) in [6, 6.07) is 7.32. The van der Waals surface area contributed by atoms with Crippen molar-refractivity contribution in [2.75, 3.05) is 18.5 Å². The molecule has 1 atom stereocenters. The van der Waals surface area contributed by atoms with E-state index in [4.69, 9.17) is 4.74 Å². The number of anilines is 1. The Morgan fingerprint density at radius 1 is 1.27 bits per heavy atom. The molecule has 0 saturated heterocycles. The summed E-state index contributed by atoms with van der Waals surface area (Å²) in [4.78, 5) is 23.9. The van der Waals surface area contributed by atoms with Crippen molar-refractivity contribution >= 4 is 17.5 Å². The number of ether oxygens (including phenoxy) is 1. The van der Waals surface area contributed by atoms with Crippen LogP contribution in [0.3, 0.4) is 0 Å². The molecule has 1 aromatic rings. The van der Waals surface area contributed by atoms with Gasteiger partial charge in [0, 0.05) is 18.8 Å². The molecule has 1 aliphatic carbocycles. The summed E-state index contributed by atoms with van der Waals surface area (Å²) in [5, 5.41) is 5.75. The highest BCUT2D eigenvalue weighted by Crippen LogP contribution is 2.27. The van der Waals surface area contributed by atoms with Crippen LogP contribution in [0.1, 0.15) is 44.6 Å². The Bertz CT molecular complexity index is 609. The Hall–Kier alpha value is -2.14. The Balaban J connectivity index is 1.91. The van der Waals surface area contributed by atoms with E-state index in [-0.39, 0.29) is 24.3 Å². The smallest absolute Gasteiger partial charge is 0.247 e. The van der Waals surface area contributed by atoms with Crippen molar-refractivity contribution in [1.82, 2.24) is 5.32 Å². The molecule has 0 aromatic heterocycles. The van der Waals surface area contributed by atoms with E-state index < -0.39 is 0 Å². The molecule has 1 unspecified atom stereocenters. The molecular formula is C21H30N2O3. The third-order valence-corrected chi connectivity index (χ3v) is 4.87. The maximum atomic E-state index is 12.4. The Morgan fingerprint density at radius 2 is 2.00 bits per heavy atom. The topological polar surface area (TPSA) is 67.4 Å². The minimum atomic E-state index is -0.286. The van der Waals surface area contributed by atoms with Gasteiger partial charge in [0.25, 0.3) is 0 Å². The molecule has 1 fully saturated rings. The molecule has 2 N–H and O–H groups in total. The number of hydrogen-bond acceptors (Lipinski definition) is 3. The van der Waals surface area contributed by atoms with Crippen LogP contribution < -0.4 is 10.6 Å². The molecule has 142 valence electrons. The molecule has 0 spiro atoms. The molecule has 1 aliphatic rings. The van der Waals surface area contributed by atoms with Gasteiger partial charge in [-0.3, -0.25) is 9.59 Å². The Labute approximate surface area is 156 Å². The molecule has 2 amide bonds. The van der Waals surface area contributed by atoms with Crippen LogP contribution >= 0.6 is 0 Å². The molecule has 2 rings (SSSR count). The lowest BCUT2D eigenvalue weighted by Crippen LogP contribution is -2.39. The van der Waals surface area contributed by atoms with Gasteiger partial charge in [-0.05, 0) is 43.4 Å². The molecule has 5 heteroatoms. The van der Waals surface area contributed by atoms with Gasteiger partial charge in [0.05, 0.1) is 12.5 Å². The summed E-state index contributed by atoms with van der Waals surface area (Å²) in [5.74, 6) is 0.181. The minimum absolute atomic E-state index is 0.0641. The SMILES string of the molecule is C=CC(=O)Nc1ccccc1CC(=O)NCC(OCC)C1CCCCC1. The molecule has 26 heavy (non-hydrogen) atoms. The van der Waals surface area contributed by atoms with Crippen LogP contribution in [0.2, 0.25) is 0 Å². The van der Waals surface area contributed by atoms with Gasteiger partial charge in [-0.2, -0.15) is 0 Å². The largest absolute Gasteiger partial charge is 0.376 e. The van der Waals surface area contributed by atoms with Crippen molar-refractivity contribution in [2.24, 2.45) is 5.92 Å². The second-order valence-corrected chi connectivity index (χ2v) is 6.72. The van der Waals surface area contributed by atoms with E-state index >= 15 is 0 Å². The fraction of sp³-hybridized carbons (Fsp3) is 0.524. The standard InChI is InChI=1S/C21H30N2O3/c1-3-20(24)23-18-13-9-8-12-17(18)14-21(25)22-15-19(26-4-2)16-10-6-5-7-11-16/h3,8-9,12-13,16,19H,1,4-7,10-11,14-15H2,2H3,(H,22,25)(H,23,24). The van der Waals surface area contributed by atoms with E-state index in [1.807, 2.05) is 25.1 Å². The molecular weight excluding hydrogens is 328 g/mol. The number of para-hydroxylation sites is 1. The van der Waals surface area contributed by atoms with Crippen molar-refractivity contribution in [2.45, 2.75) is 51.6 Å². The third kappa shape index (κ3) is 6.30. The predicted octanol–water partition coefficient (Wildman–Crippen LogP) is 3.46. The number of amides is 2. The second-order valence-electron chi connectivity index (χ2n) is 6.72. The lowest BCUT2D eigenvalue weighted by Gasteiger charge is -2.30. The molecule has 0 radical (unpaired) electrons. The normalized spacial score (nSPS) is 15.9. The first kappa shape index (κ1) is 20.2. The first-order chi connectivity index (χ1) is 12.6. The average molecular weight is 358 g/mol. The number of rotatable bonds is 9. The maximum Gasteiger partial charge on any atom is 0.247 e. The number of hydrogen-bond donors (Lipinski definition) is 2. The summed E-state index contributed by atoms with van der Waals surface area (Å²) in [7, 11) is 0. The van der Waals surface area contributed by atoms with Gasteiger partial charge < -0.3 is 15.4 Å². The van der Waals surface area contributed by atoms with Crippen LogP contribution in [0.25, 0.3) is 0 Å². The molecule has 0 aliphatic heterocycles. The summed E-state index contributed by atoms with van der Waals surface area (Å²) in [6.07, 6.45) is 7.67. The van der Waals surface area contributed by atoms with E-state index in [2.05, 4.69) is 17.2 Å². The van der Waals surface area contributed by atoms with Gasteiger partial charge >= 0.3 is 0 Å². The zero-order valence-electron chi connectivity index (χ0n) is 15.6. The number of benzene rings is 1. The summed E-state index contributed by atoms with van der Waals surface area (Å²) < 4.78 is 5.89.